The highest BCUT2D eigenvalue weighted by molar-refractivity contribution is 5.78. The van der Waals surface area contributed by atoms with Crippen LogP contribution in [0.2, 0.25) is 0 Å². The molecular weight excluding hydrogens is 274 g/mol. The van der Waals surface area contributed by atoms with Crippen LogP contribution in [0.25, 0.3) is 0 Å². The van der Waals surface area contributed by atoms with E-state index >= 15 is 0 Å². The molecule has 1 aliphatic heterocycles. The number of carbonyl (C=O) groups is 2. The summed E-state index contributed by atoms with van der Waals surface area (Å²) in [4.78, 5) is 24.5. The summed E-state index contributed by atoms with van der Waals surface area (Å²) in [6, 6.07) is 6.88. The lowest BCUT2D eigenvalue weighted by Gasteiger charge is -2.30. The highest BCUT2D eigenvalue weighted by Crippen LogP contribution is 2.18. The number of ether oxygens (including phenoxy) is 1. The van der Waals surface area contributed by atoms with Crippen LogP contribution >= 0.6 is 0 Å². The minimum atomic E-state index is -0.790. The Labute approximate surface area is 122 Å². The van der Waals surface area contributed by atoms with Gasteiger partial charge < -0.3 is 19.8 Å². The fraction of sp³-hybridized carbons (Fsp3) is 0.467. The standard InChI is InChI=1S/C15H19NO5/c17-9-11-1-3-13(4-2-11)21-10-14(18)16-7-5-12(6-8-16)15(19)20/h1-4,12,17H,5-10H2,(H,19,20). The Balaban J connectivity index is 1.78. The molecule has 114 valence electrons. The average molecular weight is 293 g/mol. The van der Waals surface area contributed by atoms with Gasteiger partial charge in [0, 0.05) is 13.1 Å². The molecule has 0 bridgehead atoms. The maximum Gasteiger partial charge on any atom is 0.306 e. The first-order valence-corrected chi connectivity index (χ1v) is 6.93. The lowest BCUT2D eigenvalue weighted by atomic mass is 9.97. The molecule has 2 N–H and O–H groups in total. The fourth-order valence-corrected chi connectivity index (χ4v) is 2.30. The van der Waals surface area contributed by atoms with Gasteiger partial charge in [-0.2, -0.15) is 0 Å². The molecule has 21 heavy (non-hydrogen) atoms. The van der Waals surface area contributed by atoms with Crippen LogP contribution in [0.3, 0.4) is 0 Å². The molecule has 0 radical (unpaired) electrons. The van der Waals surface area contributed by atoms with Crippen molar-refractivity contribution in [1.29, 1.82) is 0 Å². The van der Waals surface area contributed by atoms with Crippen LogP contribution < -0.4 is 4.74 Å². The summed E-state index contributed by atoms with van der Waals surface area (Å²) in [6.45, 7) is 0.833. The highest BCUT2D eigenvalue weighted by atomic mass is 16.5. The molecule has 0 saturated carbocycles. The van der Waals surface area contributed by atoms with E-state index in [4.69, 9.17) is 14.9 Å². The quantitative estimate of drug-likeness (QED) is 0.841. The summed E-state index contributed by atoms with van der Waals surface area (Å²) in [7, 11) is 0. The van der Waals surface area contributed by atoms with Gasteiger partial charge in [0.15, 0.2) is 6.61 Å². The van der Waals surface area contributed by atoms with E-state index in [1.165, 1.54) is 0 Å². The molecule has 6 heteroatoms. The second kappa shape index (κ2) is 7.08. The number of carboxylic acid groups (broad SMARTS) is 1. The Morgan fingerprint density at radius 2 is 1.81 bits per heavy atom. The molecule has 6 nitrogen and oxygen atoms in total. The first-order chi connectivity index (χ1) is 10.1. The van der Waals surface area contributed by atoms with Crippen molar-refractivity contribution in [2.45, 2.75) is 19.4 Å². The van der Waals surface area contributed by atoms with Crippen LogP contribution in [-0.4, -0.2) is 46.7 Å². The number of aliphatic carboxylic acids is 1. The van der Waals surface area contributed by atoms with Crippen LogP contribution in [0.1, 0.15) is 18.4 Å². The second-order valence-electron chi connectivity index (χ2n) is 5.08. The largest absolute Gasteiger partial charge is 0.484 e. The number of carboxylic acids is 1. The zero-order valence-electron chi connectivity index (χ0n) is 11.7. The number of hydrogen-bond acceptors (Lipinski definition) is 4. The Morgan fingerprint density at radius 3 is 2.33 bits per heavy atom. The van der Waals surface area contributed by atoms with Gasteiger partial charge in [0.05, 0.1) is 12.5 Å². The van der Waals surface area contributed by atoms with Gasteiger partial charge in [0.2, 0.25) is 0 Å². The number of piperidine rings is 1. The van der Waals surface area contributed by atoms with Gasteiger partial charge in [-0.05, 0) is 30.5 Å². The SMILES string of the molecule is O=C(O)C1CCN(C(=O)COc2ccc(CO)cc2)CC1. The van der Waals surface area contributed by atoms with Gasteiger partial charge in [-0.25, -0.2) is 0 Å². The molecule has 1 amide bonds. The molecule has 0 atom stereocenters. The number of rotatable bonds is 5. The second-order valence-corrected chi connectivity index (χ2v) is 5.08. The van der Waals surface area contributed by atoms with Gasteiger partial charge in [0.25, 0.3) is 5.91 Å². The van der Waals surface area contributed by atoms with Crippen LogP contribution in [0.15, 0.2) is 24.3 Å². The highest BCUT2D eigenvalue weighted by Gasteiger charge is 2.26. The number of nitrogens with zero attached hydrogens (tertiary/aromatic N) is 1. The van der Waals surface area contributed by atoms with E-state index in [1.54, 1.807) is 29.2 Å². The van der Waals surface area contributed by atoms with Crippen molar-refractivity contribution in [3.63, 3.8) is 0 Å². The van der Waals surface area contributed by atoms with Crippen LogP contribution in [0.5, 0.6) is 5.75 Å². The summed E-state index contributed by atoms with van der Waals surface area (Å²) < 4.78 is 5.41. The van der Waals surface area contributed by atoms with Crippen molar-refractivity contribution in [3.8, 4) is 5.75 Å². The third-order valence-electron chi connectivity index (χ3n) is 3.67. The van der Waals surface area contributed by atoms with Gasteiger partial charge in [-0.1, -0.05) is 12.1 Å². The van der Waals surface area contributed by atoms with E-state index < -0.39 is 5.97 Å². The minimum absolute atomic E-state index is 0.0300. The monoisotopic (exact) mass is 293 g/mol. The number of aliphatic hydroxyl groups excluding tert-OH is 1. The Hall–Kier alpha value is -2.08. The van der Waals surface area contributed by atoms with E-state index in [9.17, 15) is 9.59 Å². The molecule has 2 rings (SSSR count). The minimum Gasteiger partial charge on any atom is -0.484 e. The van der Waals surface area contributed by atoms with Gasteiger partial charge in [0.1, 0.15) is 5.75 Å². The molecule has 1 saturated heterocycles. The number of benzene rings is 1. The molecule has 0 spiro atoms. The zero-order valence-corrected chi connectivity index (χ0v) is 11.7. The van der Waals surface area contributed by atoms with E-state index in [0.717, 1.165) is 5.56 Å². The number of aliphatic hydroxyl groups is 1. The van der Waals surface area contributed by atoms with Crippen molar-refractivity contribution in [2.24, 2.45) is 5.92 Å². The number of amides is 1. The fourth-order valence-electron chi connectivity index (χ4n) is 2.30. The first kappa shape index (κ1) is 15.3. The molecule has 1 heterocycles. The van der Waals surface area contributed by atoms with E-state index in [0.29, 0.717) is 31.7 Å². The summed E-state index contributed by atoms with van der Waals surface area (Å²) >= 11 is 0. The normalized spacial score (nSPS) is 15.8. The lowest BCUT2D eigenvalue weighted by molar-refractivity contribution is -0.146. The van der Waals surface area contributed by atoms with Crippen molar-refractivity contribution < 1.29 is 24.5 Å². The summed E-state index contributed by atoms with van der Waals surface area (Å²) in [5, 5.41) is 17.8. The number of carbonyl (C=O) groups excluding carboxylic acids is 1. The molecule has 1 aromatic carbocycles. The Morgan fingerprint density at radius 1 is 1.19 bits per heavy atom. The predicted octanol–water partition coefficient (Wildman–Crippen LogP) is 0.881. The smallest absolute Gasteiger partial charge is 0.306 e. The topological polar surface area (TPSA) is 87.1 Å². The number of hydrogen-bond donors (Lipinski definition) is 2. The Kier molecular flexibility index (Phi) is 5.16. The average Bonchev–Trinajstić information content (AvgIpc) is 2.53. The number of likely N-dealkylation sites (tertiary alicyclic amines) is 1. The molecule has 1 fully saturated rings. The van der Waals surface area contributed by atoms with E-state index in [-0.39, 0.29) is 25.0 Å². The van der Waals surface area contributed by atoms with Gasteiger partial charge in [-0.3, -0.25) is 9.59 Å². The molecular formula is C15H19NO5. The van der Waals surface area contributed by atoms with Crippen LogP contribution in [-0.2, 0) is 16.2 Å². The first-order valence-electron chi connectivity index (χ1n) is 6.93. The lowest BCUT2D eigenvalue weighted by Crippen LogP contribution is -2.42. The summed E-state index contributed by atoms with van der Waals surface area (Å²) in [5.41, 5.74) is 0.782. The summed E-state index contributed by atoms with van der Waals surface area (Å²) in [5.74, 6) is -0.700. The van der Waals surface area contributed by atoms with Crippen LogP contribution in [0.4, 0.5) is 0 Å². The third kappa shape index (κ3) is 4.19. The molecule has 0 aliphatic carbocycles. The Bertz CT molecular complexity index is 491. The van der Waals surface area contributed by atoms with E-state index in [2.05, 4.69) is 0 Å². The van der Waals surface area contributed by atoms with Crippen LogP contribution in [0, 0.1) is 5.92 Å². The molecule has 1 aliphatic rings. The molecule has 0 aromatic heterocycles. The molecule has 0 unspecified atom stereocenters. The maximum atomic E-state index is 12.0. The summed E-state index contributed by atoms with van der Waals surface area (Å²) in [6.07, 6.45) is 0.985. The van der Waals surface area contributed by atoms with E-state index in [1.807, 2.05) is 0 Å². The van der Waals surface area contributed by atoms with Crippen molar-refractivity contribution in [1.82, 2.24) is 4.90 Å². The van der Waals surface area contributed by atoms with Crippen molar-refractivity contribution >= 4 is 11.9 Å². The predicted molar refractivity (Wildman–Crippen MR) is 74.8 cm³/mol. The molecule has 1 aromatic rings. The van der Waals surface area contributed by atoms with Crippen molar-refractivity contribution in [2.75, 3.05) is 19.7 Å². The third-order valence-corrected chi connectivity index (χ3v) is 3.67. The van der Waals surface area contributed by atoms with Gasteiger partial charge >= 0.3 is 5.97 Å². The zero-order chi connectivity index (χ0) is 15.2. The maximum absolute atomic E-state index is 12.0. The van der Waals surface area contributed by atoms with Gasteiger partial charge in [-0.15, -0.1) is 0 Å². The van der Waals surface area contributed by atoms with Crippen molar-refractivity contribution in [3.05, 3.63) is 29.8 Å².